The molecule has 0 aliphatic heterocycles. The van der Waals surface area contributed by atoms with Gasteiger partial charge in [-0.25, -0.2) is 0 Å². The molecule has 220 valence electrons. The van der Waals surface area contributed by atoms with Crippen LogP contribution in [-0.2, 0) is 9.53 Å². The van der Waals surface area contributed by atoms with Crippen LogP contribution >= 0.6 is 0 Å². The van der Waals surface area contributed by atoms with E-state index in [4.69, 9.17) is 4.74 Å². The number of esters is 1. The molecule has 1 unspecified atom stereocenters. The third-order valence-corrected chi connectivity index (χ3v) is 8.06. The van der Waals surface area contributed by atoms with Gasteiger partial charge in [-0.2, -0.15) is 0 Å². The maximum absolute atomic E-state index is 12.0. The summed E-state index contributed by atoms with van der Waals surface area (Å²) in [5.41, 5.74) is 1.07. The Balaban J connectivity index is 1.71. The van der Waals surface area contributed by atoms with Gasteiger partial charge in [0.15, 0.2) is 0 Å². The lowest BCUT2D eigenvalue weighted by molar-refractivity contribution is -0.148. The zero-order valence-electron chi connectivity index (χ0n) is 25.7. The molecule has 0 saturated carbocycles. The average molecular weight is 529 g/mol. The third-order valence-electron chi connectivity index (χ3n) is 8.06. The smallest absolute Gasteiger partial charge is 0.306 e. The molecular weight excluding hydrogens is 464 g/mol. The molecule has 1 aromatic rings. The van der Waals surface area contributed by atoms with E-state index in [0.29, 0.717) is 6.42 Å². The largest absolute Gasteiger partial charge is 0.458 e. The number of hydrogen-bond donors (Lipinski definition) is 0. The lowest BCUT2D eigenvalue weighted by atomic mass is 10.0. The summed E-state index contributed by atoms with van der Waals surface area (Å²) < 4.78 is 5.55. The van der Waals surface area contributed by atoms with Crippen molar-refractivity contribution in [1.82, 2.24) is 0 Å². The molecule has 0 aliphatic rings. The highest BCUT2D eigenvalue weighted by Gasteiger charge is 2.10. The second kappa shape index (κ2) is 27.3. The van der Waals surface area contributed by atoms with Crippen LogP contribution in [0.15, 0.2) is 30.3 Å². The summed E-state index contributed by atoms with van der Waals surface area (Å²) in [5.74, 6) is -0.0598. The second-order valence-electron chi connectivity index (χ2n) is 11.8. The molecule has 2 nitrogen and oxygen atoms in total. The number of ether oxygens (including phenoxy) is 1. The zero-order chi connectivity index (χ0) is 27.4. The predicted molar refractivity (Wildman–Crippen MR) is 167 cm³/mol. The summed E-state index contributed by atoms with van der Waals surface area (Å²) in [6.07, 6.45) is 35.3. The molecule has 0 bridgehead atoms. The van der Waals surface area contributed by atoms with Gasteiger partial charge >= 0.3 is 5.97 Å². The van der Waals surface area contributed by atoms with Gasteiger partial charge in [0.1, 0.15) is 6.10 Å². The molecule has 0 fully saturated rings. The standard InChI is InChI=1S/C36H64O2/c1-3-4-5-6-7-8-9-10-11-12-13-14-15-16-17-18-19-20-21-22-23-24-25-26-30-33-36(37)38-34(2)35-31-28-27-29-32-35/h27-29,31-32,34H,3-26,30,33H2,1-2H3. The maximum Gasteiger partial charge on any atom is 0.306 e. The fourth-order valence-corrected chi connectivity index (χ4v) is 5.46. The van der Waals surface area contributed by atoms with Crippen LogP contribution in [0.2, 0.25) is 0 Å². The minimum absolute atomic E-state index is 0.0598. The average Bonchev–Trinajstić information content (AvgIpc) is 2.93. The SMILES string of the molecule is CCCCCCCCCCCCCCCCCCCCCCCCCCCC(=O)OC(C)c1ccccc1. The van der Waals surface area contributed by atoms with Crippen LogP contribution in [0.25, 0.3) is 0 Å². The van der Waals surface area contributed by atoms with E-state index in [9.17, 15) is 4.79 Å². The van der Waals surface area contributed by atoms with Gasteiger partial charge < -0.3 is 4.74 Å². The quantitative estimate of drug-likeness (QED) is 0.0798. The van der Waals surface area contributed by atoms with E-state index in [0.717, 1.165) is 18.4 Å². The summed E-state index contributed by atoms with van der Waals surface area (Å²) >= 11 is 0. The number of carbonyl (C=O) groups excluding carboxylic acids is 1. The summed E-state index contributed by atoms with van der Waals surface area (Å²) in [4.78, 5) is 12.0. The van der Waals surface area contributed by atoms with Crippen molar-refractivity contribution in [2.75, 3.05) is 0 Å². The number of hydrogen-bond acceptors (Lipinski definition) is 2. The number of benzene rings is 1. The fraction of sp³-hybridized carbons (Fsp3) is 0.806. The highest BCUT2D eigenvalue weighted by atomic mass is 16.5. The summed E-state index contributed by atoms with van der Waals surface area (Å²) in [7, 11) is 0. The van der Waals surface area contributed by atoms with E-state index in [1.165, 1.54) is 148 Å². The lowest BCUT2D eigenvalue weighted by Crippen LogP contribution is -2.08. The Morgan fingerprint density at radius 1 is 0.526 bits per heavy atom. The van der Waals surface area contributed by atoms with E-state index >= 15 is 0 Å². The Morgan fingerprint density at radius 2 is 0.842 bits per heavy atom. The van der Waals surface area contributed by atoms with Crippen LogP contribution < -0.4 is 0 Å². The van der Waals surface area contributed by atoms with Crippen LogP contribution in [0.5, 0.6) is 0 Å². The lowest BCUT2D eigenvalue weighted by Gasteiger charge is -2.13. The van der Waals surface area contributed by atoms with E-state index < -0.39 is 0 Å². The van der Waals surface area contributed by atoms with E-state index in [2.05, 4.69) is 6.92 Å². The van der Waals surface area contributed by atoms with Crippen molar-refractivity contribution in [3.05, 3.63) is 35.9 Å². The molecular formula is C36H64O2. The highest BCUT2D eigenvalue weighted by molar-refractivity contribution is 5.69. The first-order valence-electron chi connectivity index (χ1n) is 17.0. The van der Waals surface area contributed by atoms with Crippen molar-refractivity contribution in [3.63, 3.8) is 0 Å². The van der Waals surface area contributed by atoms with E-state index in [-0.39, 0.29) is 12.1 Å². The van der Waals surface area contributed by atoms with Crippen LogP contribution in [-0.4, -0.2) is 5.97 Å². The molecule has 38 heavy (non-hydrogen) atoms. The molecule has 0 saturated heterocycles. The molecule has 0 radical (unpaired) electrons. The van der Waals surface area contributed by atoms with Crippen molar-refractivity contribution in [3.8, 4) is 0 Å². The molecule has 0 amide bonds. The Hall–Kier alpha value is -1.31. The van der Waals surface area contributed by atoms with Gasteiger partial charge in [-0.05, 0) is 18.9 Å². The molecule has 1 atom stereocenters. The summed E-state index contributed by atoms with van der Waals surface area (Å²) in [6.45, 7) is 4.25. The Morgan fingerprint density at radius 3 is 1.18 bits per heavy atom. The number of carbonyl (C=O) groups is 1. The van der Waals surface area contributed by atoms with Gasteiger partial charge in [-0.3, -0.25) is 4.79 Å². The Bertz CT molecular complexity index is 611. The summed E-state index contributed by atoms with van der Waals surface area (Å²) in [5, 5.41) is 0. The molecule has 1 aromatic carbocycles. The van der Waals surface area contributed by atoms with Crippen LogP contribution in [0.1, 0.15) is 192 Å². The van der Waals surface area contributed by atoms with Gasteiger partial charge in [0.25, 0.3) is 0 Å². The van der Waals surface area contributed by atoms with Gasteiger partial charge in [0, 0.05) is 6.42 Å². The second-order valence-corrected chi connectivity index (χ2v) is 11.8. The van der Waals surface area contributed by atoms with Crippen LogP contribution in [0, 0.1) is 0 Å². The Kier molecular flexibility index (Phi) is 24.9. The number of unbranched alkanes of at least 4 members (excludes halogenated alkanes) is 24. The topological polar surface area (TPSA) is 26.3 Å². The van der Waals surface area contributed by atoms with E-state index in [1.807, 2.05) is 37.3 Å². The van der Waals surface area contributed by atoms with Gasteiger partial charge in [0.05, 0.1) is 0 Å². The minimum atomic E-state index is -0.150. The number of rotatable bonds is 28. The summed E-state index contributed by atoms with van der Waals surface area (Å²) in [6, 6.07) is 9.99. The predicted octanol–water partition coefficient (Wildman–Crippen LogP) is 12.5. The van der Waals surface area contributed by atoms with Crippen LogP contribution in [0.4, 0.5) is 0 Å². The normalized spacial score (nSPS) is 12.1. The molecule has 1 rings (SSSR count). The minimum Gasteiger partial charge on any atom is -0.458 e. The van der Waals surface area contributed by atoms with Crippen LogP contribution in [0.3, 0.4) is 0 Å². The van der Waals surface area contributed by atoms with Crippen molar-refractivity contribution in [1.29, 1.82) is 0 Å². The Labute approximate surface area is 238 Å². The monoisotopic (exact) mass is 528 g/mol. The van der Waals surface area contributed by atoms with Gasteiger partial charge in [0.2, 0.25) is 0 Å². The van der Waals surface area contributed by atoms with E-state index in [1.54, 1.807) is 0 Å². The zero-order valence-corrected chi connectivity index (χ0v) is 25.7. The first kappa shape index (κ1) is 34.7. The third kappa shape index (κ3) is 22.7. The molecule has 0 N–H and O–H groups in total. The van der Waals surface area contributed by atoms with Crippen molar-refractivity contribution in [2.45, 2.75) is 187 Å². The van der Waals surface area contributed by atoms with Gasteiger partial charge in [-0.1, -0.05) is 191 Å². The van der Waals surface area contributed by atoms with Crippen molar-refractivity contribution in [2.24, 2.45) is 0 Å². The highest BCUT2D eigenvalue weighted by Crippen LogP contribution is 2.18. The van der Waals surface area contributed by atoms with Crippen molar-refractivity contribution >= 4 is 5.97 Å². The molecule has 2 heteroatoms. The molecule has 0 spiro atoms. The molecule has 0 heterocycles. The fourth-order valence-electron chi connectivity index (χ4n) is 5.46. The maximum atomic E-state index is 12.0. The molecule has 0 aliphatic carbocycles. The first-order chi connectivity index (χ1) is 18.7. The van der Waals surface area contributed by atoms with Gasteiger partial charge in [-0.15, -0.1) is 0 Å². The van der Waals surface area contributed by atoms with Crippen molar-refractivity contribution < 1.29 is 9.53 Å². The first-order valence-corrected chi connectivity index (χ1v) is 17.0. The molecule has 0 aromatic heterocycles.